The quantitative estimate of drug-likeness (QED) is 0.883. The molecule has 1 aromatic carbocycles. The fourth-order valence-corrected chi connectivity index (χ4v) is 1.90. The zero-order chi connectivity index (χ0) is 16.2. The van der Waals surface area contributed by atoms with E-state index in [2.05, 4.69) is 5.10 Å². The second kappa shape index (κ2) is 7.13. The summed E-state index contributed by atoms with van der Waals surface area (Å²) in [6.45, 7) is 0.196. The van der Waals surface area contributed by atoms with Crippen molar-refractivity contribution < 1.29 is 23.0 Å². The number of alkyl halides is 3. The van der Waals surface area contributed by atoms with Crippen LogP contribution in [0.4, 0.5) is 13.2 Å². The molecular weight excluding hydrogens is 321 g/mol. The van der Waals surface area contributed by atoms with Crippen LogP contribution in [-0.4, -0.2) is 27.6 Å². The number of hydrogen-bond donors (Lipinski definition) is 1. The van der Waals surface area contributed by atoms with Crippen LogP contribution in [0.1, 0.15) is 11.3 Å². The van der Waals surface area contributed by atoms with E-state index in [-0.39, 0.29) is 19.8 Å². The lowest BCUT2D eigenvalue weighted by molar-refractivity contribution is -0.141. The van der Waals surface area contributed by atoms with Gasteiger partial charge < -0.3 is 9.84 Å². The van der Waals surface area contributed by atoms with Gasteiger partial charge in [0.05, 0.1) is 25.9 Å². The maximum absolute atomic E-state index is 12.4. The predicted octanol–water partition coefficient (Wildman–Crippen LogP) is 3.13. The third-order valence-electron chi connectivity index (χ3n) is 2.82. The molecule has 2 rings (SSSR count). The summed E-state index contributed by atoms with van der Waals surface area (Å²) in [5.74, 6) is 0. The lowest BCUT2D eigenvalue weighted by Crippen LogP contribution is -2.22. The third kappa shape index (κ3) is 5.01. The van der Waals surface area contributed by atoms with Gasteiger partial charge in [-0.3, -0.25) is 4.68 Å². The van der Waals surface area contributed by atoms with Gasteiger partial charge in [0.2, 0.25) is 0 Å². The van der Waals surface area contributed by atoms with Gasteiger partial charge in [-0.1, -0.05) is 23.7 Å². The Hall–Kier alpha value is -1.57. The Morgan fingerprint density at radius 2 is 1.91 bits per heavy atom. The van der Waals surface area contributed by atoms with Gasteiger partial charge in [0.1, 0.15) is 0 Å². The smallest absolute Gasteiger partial charge is 0.389 e. The normalized spacial score (nSPS) is 13.3. The Kier molecular flexibility index (Phi) is 5.44. The fourth-order valence-electron chi connectivity index (χ4n) is 1.78. The van der Waals surface area contributed by atoms with Gasteiger partial charge in [0.15, 0.2) is 5.69 Å². The molecule has 2 aromatic rings. The molecule has 0 aliphatic rings. The van der Waals surface area contributed by atoms with Crippen molar-refractivity contribution in [2.45, 2.75) is 25.4 Å². The SMILES string of the molecule is OC(COCc1ccc(Cl)cc1)Cn1ccc(C(F)(F)F)n1. The number of aromatic nitrogens is 2. The maximum atomic E-state index is 12.4. The van der Waals surface area contributed by atoms with E-state index in [1.807, 2.05) is 0 Å². The lowest BCUT2D eigenvalue weighted by atomic mass is 10.2. The van der Waals surface area contributed by atoms with Crippen molar-refractivity contribution in [1.82, 2.24) is 9.78 Å². The third-order valence-corrected chi connectivity index (χ3v) is 3.07. The first-order valence-corrected chi connectivity index (χ1v) is 6.83. The van der Waals surface area contributed by atoms with Crippen LogP contribution in [0.15, 0.2) is 36.5 Å². The first-order valence-electron chi connectivity index (χ1n) is 6.45. The number of aliphatic hydroxyl groups is 1. The summed E-state index contributed by atoms with van der Waals surface area (Å²) < 4.78 is 43.5. The molecule has 22 heavy (non-hydrogen) atoms. The number of benzene rings is 1. The van der Waals surface area contributed by atoms with E-state index in [1.54, 1.807) is 24.3 Å². The van der Waals surface area contributed by atoms with Gasteiger partial charge in [0, 0.05) is 11.2 Å². The standard InChI is InChI=1S/C14H14ClF3N2O2/c15-11-3-1-10(2-4-11)8-22-9-12(21)7-20-6-5-13(19-20)14(16,17)18/h1-6,12,21H,7-9H2. The molecule has 1 heterocycles. The second-order valence-electron chi connectivity index (χ2n) is 4.72. The highest BCUT2D eigenvalue weighted by atomic mass is 35.5. The van der Waals surface area contributed by atoms with E-state index in [4.69, 9.17) is 16.3 Å². The maximum Gasteiger partial charge on any atom is 0.435 e. The van der Waals surface area contributed by atoms with E-state index in [9.17, 15) is 18.3 Å². The van der Waals surface area contributed by atoms with Crippen LogP contribution in [-0.2, 0) is 24.1 Å². The molecule has 1 N–H and O–H groups in total. The number of aliphatic hydroxyl groups excluding tert-OH is 1. The number of hydrogen-bond acceptors (Lipinski definition) is 3. The summed E-state index contributed by atoms with van der Waals surface area (Å²) in [6.07, 6.45) is -4.26. The topological polar surface area (TPSA) is 47.3 Å². The zero-order valence-electron chi connectivity index (χ0n) is 11.4. The molecule has 0 saturated heterocycles. The highest BCUT2D eigenvalue weighted by molar-refractivity contribution is 6.30. The summed E-state index contributed by atoms with van der Waals surface area (Å²) in [5, 5.41) is 13.7. The first kappa shape index (κ1) is 16.8. The summed E-state index contributed by atoms with van der Waals surface area (Å²) in [6, 6.07) is 7.88. The molecule has 0 aliphatic heterocycles. The van der Waals surface area contributed by atoms with Gasteiger partial charge in [-0.2, -0.15) is 18.3 Å². The average Bonchev–Trinajstić information content (AvgIpc) is 2.89. The van der Waals surface area contributed by atoms with E-state index in [0.717, 1.165) is 16.3 Å². The van der Waals surface area contributed by atoms with Crippen molar-refractivity contribution >= 4 is 11.6 Å². The molecule has 0 bridgehead atoms. The number of ether oxygens (including phenoxy) is 1. The minimum Gasteiger partial charge on any atom is -0.389 e. The van der Waals surface area contributed by atoms with E-state index in [1.165, 1.54) is 6.20 Å². The van der Waals surface area contributed by atoms with E-state index in [0.29, 0.717) is 5.02 Å². The van der Waals surface area contributed by atoms with Crippen molar-refractivity contribution in [1.29, 1.82) is 0 Å². The van der Waals surface area contributed by atoms with E-state index < -0.39 is 18.0 Å². The molecule has 0 aliphatic carbocycles. The monoisotopic (exact) mass is 334 g/mol. The van der Waals surface area contributed by atoms with Gasteiger partial charge in [-0.05, 0) is 23.8 Å². The molecule has 1 aromatic heterocycles. The average molecular weight is 335 g/mol. The minimum absolute atomic E-state index is 0.0101. The Labute approximate surface area is 130 Å². The number of halogens is 4. The first-order chi connectivity index (χ1) is 10.3. The van der Waals surface area contributed by atoms with Crippen molar-refractivity contribution in [3.63, 3.8) is 0 Å². The van der Waals surface area contributed by atoms with Gasteiger partial charge in [0.25, 0.3) is 0 Å². The summed E-state index contributed by atoms with van der Waals surface area (Å²) >= 11 is 5.75. The van der Waals surface area contributed by atoms with Crippen molar-refractivity contribution in [3.05, 3.63) is 52.8 Å². The summed E-state index contributed by atoms with van der Waals surface area (Å²) in [4.78, 5) is 0. The van der Waals surface area contributed by atoms with Crippen LogP contribution < -0.4 is 0 Å². The Balaban J connectivity index is 1.77. The summed E-state index contributed by atoms with van der Waals surface area (Å²) in [5.41, 5.74) is -0.100. The molecule has 4 nitrogen and oxygen atoms in total. The van der Waals surface area contributed by atoms with Crippen molar-refractivity contribution in [3.8, 4) is 0 Å². The largest absolute Gasteiger partial charge is 0.435 e. The molecular formula is C14H14ClF3N2O2. The molecule has 0 saturated carbocycles. The molecule has 8 heteroatoms. The zero-order valence-corrected chi connectivity index (χ0v) is 12.2. The molecule has 0 fully saturated rings. The number of nitrogens with zero attached hydrogens (tertiary/aromatic N) is 2. The fraction of sp³-hybridized carbons (Fsp3) is 0.357. The van der Waals surface area contributed by atoms with Crippen molar-refractivity contribution in [2.24, 2.45) is 0 Å². The second-order valence-corrected chi connectivity index (χ2v) is 5.15. The van der Waals surface area contributed by atoms with Crippen LogP contribution in [0, 0.1) is 0 Å². The van der Waals surface area contributed by atoms with Crippen LogP contribution in [0.5, 0.6) is 0 Å². The molecule has 1 atom stereocenters. The summed E-state index contributed by atoms with van der Waals surface area (Å²) in [7, 11) is 0. The Bertz CT molecular complexity index is 599. The lowest BCUT2D eigenvalue weighted by Gasteiger charge is -2.11. The molecule has 1 unspecified atom stereocenters. The Morgan fingerprint density at radius 1 is 1.23 bits per heavy atom. The van der Waals surface area contributed by atoms with Crippen molar-refractivity contribution in [2.75, 3.05) is 6.61 Å². The van der Waals surface area contributed by atoms with E-state index >= 15 is 0 Å². The minimum atomic E-state index is -4.48. The number of rotatable bonds is 6. The highest BCUT2D eigenvalue weighted by Crippen LogP contribution is 2.27. The van der Waals surface area contributed by atoms with Crippen LogP contribution in [0.2, 0.25) is 5.02 Å². The predicted molar refractivity (Wildman–Crippen MR) is 74.3 cm³/mol. The van der Waals surface area contributed by atoms with Gasteiger partial charge >= 0.3 is 6.18 Å². The van der Waals surface area contributed by atoms with Gasteiger partial charge in [-0.25, -0.2) is 0 Å². The van der Waals surface area contributed by atoms with Gasteiger partial charge in [-0.15, -0.1) is 0 Å². The molecule has 0 radical (unpaired) electrons. The van der Waals surface area contributed by atoms with Crippen LogP contribution in [0.25, 0.3) is 0 Å². The molecule has 0 amide bonds. The Morgan fingerprint density at radius 3 is 2.50 bits per heavy atom. The van der Waals surface area contributed by atoms with Crippen LogP contribution in [0.3, 0.4) is 0 Å². The molecule has 120 valence electrons. The highest BCUT2D eigenvalue weighted by Gasteiger charge is 2.33. The van der Waals surface area contributed by atoms with Crippen LogP contribution >= 0.6 is 11.6 Å². The molecule has 0 spiro atoms.